The van der Waals surface area contributed by atoms with Gasteiger partial charge in [-0.15, -0.1) is 0 Å². The Kier molecular flexibility index (Phi) is 6.16. The first-order chi connectivity index (χ1) is 12.7. The van der Waals surface area contributed by atoms with E-state index >= 15 is 0 Å². The fourth-order valence-corrected chi connectivity index (χ4v) is 2.74. The Morgan fingerprint density at radius 2 is 1.56 bits per heavy atom. The summed E-state index contributed by atoms with van der Waals surface area (Å²) in [6, 6.07) is 8.52. The summed E-state index contributed by atoms with van der Waals surface area (Å²) in [6.07, 6.45) is 3.07. The molecule has 27 heavy (non-hydrogen) atoms. The molecule has 5 heteroatoms. The largest absolute Gasteiger partial charge is 0.507 e. The van der Waals surface area contributed by atoms with E-state index in [1.54, 1.807) is 51.7 Å². The molecule has 0 aliphatic heterocycles. The van der Waals surface area contributed by atoms with E-state index in [1.165, 1.54) is 6.08 Å². The molecule has 2 aromatic rings. The summed E-state index contributed by atoms with van der Waals surface area (Å²) in [7, 11) is 4.67. The molecule has 0 atom stereocenters. The highest BCUT2D eigenvalue weighted by molar-refractivity contribution is 6.09. The average Bonchev–Trinajstić information content (AvgIpc) is 2.64. The number of hydrogen-bond donors (Lipinski definition) is 1. The zero-order chi connectivity index (χ0) is 20.2. The number of carbonyl (C=O) groups excluding carboxylic acids is 1. The van der Waals surface area contributed by atoms with Crippen molar-refractivity contribution in [3.05, 3.63) is 53.1 Å². The van der Waals surface area contributed by atoms with E-state index in [4.69, 9.17) is 14.2 Å². The molecule has 0 aliphatic rings. The van der Waals surface area contributed by atoms with Gasteiger partial charge in [0.05, 0.1) is 26.9 Å². The maximum Gasteiger partial charge on any atom is 0.189 e. The Hall–Kier alpha value is -2.95. The van der Waals surface area contributed by atoms with Crippen molar-refractivity contribution < 1.29 is 24.1 Å². The quantitative estimate of drug-likeness (QED) is 0.594. The summed E-state index contributed by atoms with van der Waals surface area (Å²) in [5, 5.41) is 10.3. The number of ether oxygens (including phenoxy) is 3. The van der Waals surface area contributed by atoms with Gasteiger partial charge in [-0.2, -0.15) is 0 Å². The van der Waals surface area contributed by atoms with Crippen molar-refractivity contribution in [2.45, 2.75) is 26.2 Å². The van der Waals surface area contributed by atoms with Crippen LogP contribution in [-0.2, 0) is 5.41 Å². The molecule has 2 rings (SSSR count). The van der Waals surface area contributed by atoms with Gasteiger partial charge in [0.25, 0.3) is 0 Å². The number of phenolic OH excluding ortho intramolecular Hbond substituents is 1. The van der Waals surface area contributed by atoms with Crippen molar-refractivity contribution >= 4 is 11.9 Å². The summed E-state index contributed by atoms with van der Waals surface area (Å²) in [5.41, 5.74) is 1.58. The SMILES string of the molecule is COc1ccc(/C=C/C(=O)c2cc(OC)c(C(C)(C)C)cc2O)cc1OC. The van der Waals surface area contributed by atoms with Crippen LogP contribution in [0.4, 0.5) is 0 Å². The lowest BCUT2D eigenvalue weighted by atomic mass is 9.85. The molecule has 0 amide bonds. The second-order valence-corrected chi connectivity index (χ2v) is 7.13. The van der Waals surface area contributed by atoms with E-state index in [-0.39, 0.29) is 22.5 Å². The number of allylic oxidation sites excluding steroid dienone is 1. The van der Waals surface area contributed by atoms with Gasteiger partial charge in [0.15, 0.2) is 17.3 Å². The Balaban J connectivity index is 2.34. The molecule has 0 saturated carbocycles. The number of ketones is 1. The van der Waals surface area contributed by atoms with Crippen molar-refractivity contribution in [2.24, 2.45) is 0 Å². The second-order valence-electron chi connectivity index (χ2n) is 7.13. The lowest BCUT2D eigenvalue weighted by Gasteiger charge is -2.23. The van der Waals surface area contributed by atoms with Gasteiger partial charge in [-0.05, 0) is 41.3 Å². The number of benzene rings is 2. The second kappa shape index (κ2) is 8.16. The fourth-order valence-electron chi connectivity index (χ4n) is 2.74. The van der Waals surface area contributed by atoms with Gasteiger partial charge >= 0.3 is 0 Å². The van der Waals surface area contributed by atoms with E-state index < -0.39 is 0 Å². The number of hydrogen-bond acceptors (Lipinski definition) is 5. The number of carbonyl (C=O) groups is 1. The van der Waals surface area contributed by atoms with Gasteiger partial charge in [-0.25, -0.2) is 0 Å². The first kappa shape index (κ1) is 20.4. The van der Waals surface area contributed by atoms with Crippen molar-refractivity contribution in [1.82, 2.24) is 0 Å². The van der Waals surface area contributed by atoms with Crippen molar-refractivity contribution in [3.8, 4) is 23.0 Å². The lowest BCUT2D eigenvalue weighted by molar-refractivity contribution is 0.104. The van der Waals surface area contributed by atoms with Crippen LogP contribution in [0.25, 0.3) is 6.08 Å². The number of rotatable bonds is 6. The minimum Gasteiger partial charge on any atom is -0.507 e. The van der Waals surface area contributed by atoms with Crippen LogP contribution in [0.3, 0.4) is 0 Å². The molecule has 0 aliphatic carbocycles. The van der Waals surface area contributed by atoms with Crippen LogP contribution < -0.4 is 14.2 Å². The molecule has 1 N–H and O–H groups in total. The standard InChI is InChI=1S/C22H26O5/c1-22(2,3)16-13-18(24)15(12-20(16)26-5)17(23)9-7-14-8-10-19(25-4)21(11-14)27-6/h7-13,24H,1-6H3/b9-7+. The van der Waals surface area contributed by atoms with Crippen LogP contribution in [-0.4, -0.2) is 32.2 Å². The topological polar surface area (TPSA) is 65.0 Å². The van der Waals surface area contributed by atoms with E-state index in [1.807, 2.05) is 26.8 Å². The monoisotopic (exact) mass is 370 g/mol. The van der Waals surface area contributed by atoms with Crippen LogP contribution in [0.1, 0.15) is 42.3 Å². The highest BCUT2D eigenvalue weighted by Crippen LogP contribution is 2.36. The van der Waals surface area contributed by atoms with E-state index in [9.17, 15) is 9.90 Å². The Labute approximate surface area is 160 Å². The molecule has 0 radical (unpaired) electrons. The average molecular weight is 370 g/mol. The zero-order valence-electron chi connectivity index (χ0n) is 16.6. The molecular weight excluding hydrogens is 344 g/mol. The molecule has 0 aromatic heterocycles. The third-order valence-electron chi connectivity index (χ3n) is 4.23. The smallest absolute Gasteiger partial charge is 0.189 e. The van der Waals surface area contributed by atoms with Crippen molar-refractivity contribution in [3.63, 3.8) is 0 Å². The first-order valence-corrected chi connectivity index (χ1v) is 8.57. The van der Waals surface area contributed by atoms with Crippen LogP contribution in [0.15, 0.2) is 36.4 Å². The highest BCUT2D eigenvalue weighted by atomic mass is 16.5. The lowest BCUT2D eigenvalue weighted by Crippen LogP contribution is -2.13. The molecule has 0 bridgehead atoms. The molecule has 144 valence electrons. The minimum absolute atomic E-state index is 0.0670. The third kappa shape index (κ3) is 4.61. The van der Waals surface area contributed by atoms with E-state index in [2.05, 4.69) is 0 Å². The van der Waals surface area contributed by atoms with Gasteiger partial charge in [-0.3, -0.25) is 4.79 Å². The summed E-state index contributed by atoms with van der Waals surface area (Å²) in [5.74, 6) is 1.37. The molecule has 2 aromatic carbocycles. The van der Waals surface area contributed by atoms with Crippen LogP contribution >= 0.6 is 0 Å². The van der Waals surface area contributed by atoms with E-state index in [0.717, 1.165) is 11.1 Å². The Morgan fingerprint density at radius 3 is 2.11 bits per heavy atom. The van der Waals surface area contributed by atoms with Gasteiger partial charge in [-0.1, -0.05) is 32.9 Å². The fraction of sp³-hybridized carbons (Fsp3) is 0.318. The van der Waals surface area contributed by atoms with Crippen LogP contribution in [0.2, 0.25) is 0 Å². The normalized spacial score (nSPS) is 11.5. The maximum absolute atomic E-state index is 12.6. The number of aromatic hydroxyl groups is 1. The van der Waals surface area contributed by atoms with Gasteiger partial charge in [0, 0.05) is 5.56 Å². The highest BCUT2D eigenvalue weighted by Gasteiger charge is 2.22. The minimum atomic E-state index is -0.318. The zero-order valence-corrected chi connectivity index (χ0v) is 16.6. The number of methoxy groups -OCH3 is 3. The van der Waals surface area contributed by atoms with Gasteiger partial charge in [0.2, 0.25) is 0 Å². The summed E-state index contributed by atoms with van der Waals surface area (Å²) >= 11 is 0. The van der Waals surface area contributed by atoms with E-state index in [0.29, 0.717) is 17.2 Å². The van der Waals surface area contributed by atoms with Crippen molar-refractivity contribution in [1.29, 1.82) is 0 Å². The molecule has 5 nitrogen and oxygen atoms in total. The molecule has 0 unspecified atom stereocenters. The first-order valence-electron chi connectivity index (χ1n) is 8.57. The predicted octanol–water partition coefficient (Wildman–Crippen LogP) is 4.61. The predicted molar refractivity (Wildman–Crippen MR) is 106 cm³/mol. The molecule has 0 heterocycles. The van der Waals surface area contributed by atoms with Gasteiger partial charge < -0.3 is 19.3 Å². The Bertz CT molecular complexity index is 860. The van der Waals surface area contributed by atoms with Gasteiger partial charge in [0.1, 0.15) is 11.5 Å². The van der Waals surface area contributed by atoms with Crippen LogP contribution in [0.5, 0.6) is 23.0 Å². The summed E-state index contributed by atoms with van der Waals surface area (Å²) in [6.45, 7) is 6.05. The third-order valence-corrected chi connectivity index (χ3v) is 4.23. The van der Waals surface area contributed by atoms with Crippen molar-refractivity contribution in [2.75, 3.05) is 21.3 Å². The van der Waals surface area contributed by atoms with Crippen LogP contribution in [0, 0.1) is 0 Å². The number of phenols is 1. The summed E-state index contributed by atoms with van der Waals surface area (Å²) in [4.78, 5) is 12.6. The maximum atomic E-state index is 12.6. The molecule has 0 fully saturated rings. The molecule has 0 saturated heterocycles. The Morgan fingerprint density at radius 1 is 0.926 bits per heavy atom. The molecular formula is C22H26O5. The summed E-state index contributed by atoms with van der Waals surface area (Å²) < 4.78 is 15.9. The molecule has 0 spiro atoms.